The van der Waals surface area contributed by atoms with Crippen molar-refractivity contribution in [2.24, 2.45) is 0 Å². The van der Waals surface area contributed by atoms with E-state index < -0.39 is 5.82 Å². The van der Waals surface area contributed by atoms with E-state index in [0.717, 1.165) is 60.7 Å². The number of anilines is 6. The highest BCUT2D eigenvalue weighted by atomic mass is 19.1. The monoisotopic (exact) mass is 1110 g/mol. The van der Waals surface area contributed by atoms with Crippen LogP contribution in [0.4, 0.5) is 44.1 Å². The van der Waals surface area contributed by atoms with Crippen molar-refractivity contribution in [3.8, 4) is 11.5 Å². The van der Waals surface area contributed by atoms with Crippen LogP contribution < -0.4 is 41.4 Å². The fraction of sp³-hybridized carbons (Fsp3) is 0.509. The van der Waals surface area contributed by atoms with Crippen LogP contribution in [0.15, 0.2) is 36.4 Å². The van der Waals surface area contributed by atoms with Crippen LogP contribution in [0.3, 0.4) is 0 Å². The number of fused-ring (bicyclic) bond motifs is 3. The Bertz CT molecular complexity index is 3250. The Morgan fingerprint density at radius 2 is 0.800 bits per heavy atom. The highest BCUT2D eigenvalue weighted by Gasteiger charge is 2.34. The minimum absolute atomic E-state index is 0.0558. The summed E-state index contributed by atoms with van der Waals surface area (Å²) in [7, 11) is 3.04. The molecule has 0 bridgehead atoms. The highest BCUT2D eigenvalue weighted by molar-refractivity contribution is 5.92. The molecule has 6 saturated heterocycles. The smallest absolute Gasteiger partial charge is 0.251 e. The van der Waals surface area contributed by atoms with Gasteiger partial charge in [0, 0.05) is 133 Å². The van der Waals surface area contributed by atoms with Crippen LogP contribution in [0.1, 0.15) is 49.7 Å². The van der Waals surface area contributed by atoms with Crippen molar-refractivity contribution in [2.75, 3.05) is 144 Å². The molecule has 23 nitrogen and oxygen atoms in total. The Labute approximate surface area is 461 Å². The summed E-state index contributed by atoms with van der Waals surface area (Å²) in [6.45, 7) is 13.0. The average Bonchev–Trinajstić information content (AvgIpc) is 4.46. The molecule has 426 valence electrons. The van der Waals surface area contributed by atoms with E-state index in [-0.39, 0.29) is 53.4 Å². The number of piperazine rings is 3. The number of aromatic nitrogens is 6. The van der Waals surface area contributed by atoms with Gasteiger partial charge in [0.15, 0.2) is 11.6 Å². The van der Waals surface area contributed by atoms with Crippen LogP contribution in [0.5, 0.6) is 11.5 Å². The molecule has 0 aliphatic carbocycles. The van der Waals surface area contributed by atoms with Crippen molar-refractivity contribution >= 4 is 85.7 Å². The number of rotatable bonds is 8. The van der Waals surface area contributed by atoms with Crippen LogP contribution in [-0.4, -0.2) is 193 Å². The second-order valence-electron chi connectivity index (χ2n) is 20.6. The van der Waals surface area contributed by atoms with Crippen molar-refractivity contribution < 1.29 is 46.8 Å². The van der Waals surface area contributed by atoms with E-state index >= 15 is 0 Å². The van der Waals surface area contributed by atoms with Crippen LogP contribution in [0, 0.1) is 25.5 Å². The van der Waals surface area contributed by atoms with Crippen molar-refractivity contribution in [3.05, 3.63) is 59.2 Å². The number of nitrogens with zero attached hydrogens (tertiary/aromatic N) is 12. The molecule has 0 spiro atoms. The zero-order valence-electron chi connectivity index (χ0n) is 45.7. The minimum Gasteiger partial charge on any atom is -0.496 e. The van der Waals surface area contributed by atoms with Crippen LogP contribution in [0.25, 0.3) is 32.7 Å². The third-order valence-corrected chi connectivity index (χ3v) is 15.4. The molecule has 9 heterocycles. The number of nitrogen functional groups attached to an aromatic ring is 3. The molecule has 3 unspecified atom stereocenters. The van der Waals surface area contributed by atoms with E-state index in [2.05, 4.69) is 34.8 Å². The quantitative estimate of drug-likeness (QED) is 0.194. The number of hydrogen-bond acceptors (Lipinski definition) is 20. The van der Waals surface area contributed by atoms with Gasteiger partial charge in [0.05, 0.1) is 30.8 Å². The standard InChI is InChI=1S/C19H25N5O3.C18H22FN5O3.C18H22FN5O2/c1-12-10-13-14(11-16(12)26-2)21-19(22-17(13)20)24-7-5-23(6-8-24)18(25)15-4-3-9-27-15;1-26-15-9-11-13(10-12(15)19)21-18(22-16(11)20)24-6-4-23(5-7-24)17(25)14-3-2-8-27-14;1-11-9-12-14(10-13(11)19)21-18(22-16(12)20)24-6-4-23(5-7-24)17(25)15-3-2-8-26-15/h10-11,15H,3-9H2,1-2H3,(H2,20,21,22);9-10,14H,2-8H2,1H3,(H2,20,21,22);9-10,15H,2-8H2,1H3,(H2,20,21,22). The van der Waals surface area contributed by atoms with Crippen molar-refractivity contribution in [1.29, 1.82) is 0 Å². The summed E-state index contributed by atoms with van der Waals surface area (Å²) in [4.78, 5) is 75.8. The normalized spacial score (nSPS) is 20.4. The number of hydrogen-bond donors (Lipinski definition) is 3. The Hall–Kier alpha value is -7.77. The first-order chi connectivity index (χ1) is 38.7. The number of amides is 3. The third kappa shape index (κ3) is 12.0. The van der Waals surface area contributed by atoms with Crippen LogP contribution in [0.2, 0.25) is 0 Å². The topological polar surface area (TPSA) is 272 Å². The molecule has 6 fully saturated rings. The predicted octanol–water partition coefficient (Wildman–Crippen LogP) is 4.03. The fourth-order valence-electron chi connectivity index (χ4n) is 10.8. The van der Waals surface area contributed by atoms with E-state index in [9.17, 15) is 23.2 Å². The van der Waals surface area contributed by atoms with E-state index in [1.54, 1.807) is 20.1 Å². The first-order valence-electron chi connectivity index (χ1n) is 27.3. The van der Waals surface area contributed by atoms with E-state index in [1.807, 2.05) is 43.6 Å². The van der Waals surface area contributed by atoms with Gasteiger partial charge in [0.25, 0.3) is 17.7 Å². The number of halogens is 2. The SMILES string of the molecule is COc1cc2c(N)nc(N3CCN(C(=O)C4CCCO4)CC3)nc2cc1F.COc1cc2nc(N3CCN(C(=O)C4CCCO4)CC3)nc(N)c2cc1C.Cc1cc2c(N)nc(N3CCN(C(=O)C4CCCO4)CC3)nc2cc1F. The second kappa shape index (κ2) is 24.3. The summed E-state index contributed by atoms with van der Waals surface area (Å²) in [6.07, 6.45) is 4.39. The molecule has 3 amide bonds. The number of carbonyl (C=O) groups is 3. The van der Waals surface area contributed by atoms with Crippen molar-refractivity contribution in [3.63, 3.8) is 0 Å². The van der Waals surface area contributed by atoms with Gasteiger partial charge in [0.1, 0.15) is 47.3 Å². The van der Waals surface area contributed by atoms with Gasteiger partial charge in [-0.25, -0.2) is 23.7 Å². The van der Waals surface area contributed by atoms with Crippen molar-refractivity contribution in [2.45, 2.75) is 70.7 Å². The van der Waals surface area contributed by atoms with Crippen LogP contribution >= 0.6 is 0 Å². The van der Waals surface area contributed by atoms with Gasteiger partial charge in [-0.05, 0) is 81.7 Å². The molecule has 3 aromatic carbocycles. The molecule has 3 atom stereocenters. The average molecular weight is 1110 g/mol. The van der Waals surface area contributed by atoms with Crippen LogP contribution in [-0.2, 0) is 28.6 Å². The number of benzene rings is 3. The first-order valence-corrected chi connectivity index (χ1v) is 27.3. The molecule has 80 heavy (non-hydrogen) atoms. The van der Waals surface area contributed by atoms with E-state index in [1.165, 1.54) is 25.3 Å². The van der Waals surface area contributed by atoms with Gasteiger partial charge in [-0.2, -0.15) is 15.0 Å². The maximum Gasteiger partial charge on any atom is 0.251 e. The zero-order valence-corrected chi connectivity index (χ0v) is 45.7. The first kappa shape index (κ1) is 55.5. The molecule has 6 aliphatic rings. The Kier molecular flexibility index (Phi) is 16.9. The summed E-state index contributed by atoms with van der Waals surface area (Å²) in [5, 5.41) is 2.02. The fourth-order valence-corrected chi connectivity index (χ4v) is 10.8. The summed E-state index contributed by atoms with van der Waals surface area (Å²) < 4.78 is 54.8. The minimum atomic E-state index is -0.499. The summed E-state index contributed by atoms with van der Waals surface area (Å²) in [6, 6.07) is 9.70. The highest BCUT2D eigenvalue weighted by Crippen LogP contribution is 2.32. The molecule has 6 N–H and O–H groups in total. The number of aryl methyl sites for hydroxylation is 2. The largest absolute Gasteiger partial charge is 0.496 e. The lowest BCUT2D eigenvalue weighted by Crippen LogP contribution is -2.51. The number of ether oxygens (including phenoxy) is 5. The summed E-state index contributed by atoms with van der Waals surface area (Å²) in [5.41, 5.74) is 21.5. The molecular weight excluding hydrogens is 1040 g/mol. The number of carbonyl (C=O) groups excluding carboxylic acids is 3. The summed E-state index contributed by atoms with van der Waals surface area (Å²) >= 11 is 0. The van der Waals surface area contributed by atoms with Gasteiger partial charge in [-0.3, -0.25) is 14.4 Å². The predicted molar refractivity (Wildman–Crippen MR) is 298 cm³/mol. The lowest BCUT2D eigenvalue weighted by molar-refractivity contribution is -0.141. The van der Waals surface area contributed by atoms with Gasteiger partial charge in [0.2, 0.25) is 17.8 Å². The zero-order chi connectivity index (χ0) is 56.2. The van der Waals surface area contributed by atoms with Crippen molar-refractivity contribution in [1.82, 2.24) is 44.6 Å². The van der Waals surface area contributed by atoms with Gasteiger partial charge in [-0.1, -0.05) is 0 Å². The molecule has 12 rings (SSSR count). The van der Waals surface area contributed by atoms with Gasteiger partial charge in [-0.15, -0.1) is 0 Å². The van der Waals surface area contributed by atoms with E-state index in [4.69, 9.17) is 40.9 Å². The second-order valence-corrected chi connectivity index (χ2v) is 20.6. The molecular formula is C55H69F2N15O8. The Morgan fingerprint density at radius 1 is 0.463 bits per heavy atom. The van der Waals surface area contributed by atoms with Gasteiger partial charge < -0.3 is 70.3 Å². The molecule has 0 radical (unpaired) electrons. The molecule has 3 aromatic heterocycles. The maximum absolute atomic E-state index is 14.0. The van der Waals surface area contributed by atoms with Gasteiger partial charge >= 0.3 is 0 Å². The number of methoxy groups -OCH3 is 2. The summed E-state index contributed by atoms with van der Waals surface area (Å²) in [5.74, 6) is 2.87. The third-order valence-electron chi connectivity index (χ3n) is 15.4. The molecule has 25 heteroatoms. The number of nitrogens with two attached hydrogens (primary N) is 3. The Morgan fingerprint density at radius 3 is 1.15 bits per heavy atom. The maximum atomic E-state index is 14.0. The lowest BCUT2D eigenvalue weighted by atomic mass is 10.1. The molecule has 6 aliphatic heterocycles. The lowest BCUT2D eigenvalue weighted by Gasteiger charge is -2.35. The Balaban J connectivity index is 0.000000135. The molecule has 0 saturated carbocycles. The van der Waals surface area contributed by atoms with E-state index in [0.29, 0.717) is 155 Å². The molecule has 6 aromatic rings.